The van der Waals surface area contributed by atoms with Crippen LogP contribution in [0.25, 0.3) is 0 Å². The van der Waals surface area contributed by atoms with Crippen LogP contribution in [0.2, 0.25) is 0 Å². The maximum Gasteiger partial charge on any atom is 0.226 e. The Labute approximate surface area is 177 Å². The summed E-state index contributed by atoms with van der Waals surface area (Å²) >= 11 is 1.84. The molecule has 1 aliphatic heterocycles. The fraction of sp³-hybridized carbons (Fsp3) is 0.458. The lowest BCUT2D eigenvalue weighted by Crippen LogP contribution is -2.40. The molecule has 0 N–H and O–H groups in total. The van der Waals surface area contributed by atoms with E-state index in [0.29, 0.717) is 30.8 Å². The number of amides is 1. The maximum atomic E-state index is 12.9. The number of benzene rings is 2. The minimum Gasteiger partial charge on any atom is -0.376 e. The summed E-state index contributed by atoms with van der Waals surface area (Å²) < 4.78 is 18.7. The van der Waals surface area contributed by atoms with Gasteiger partial charge in [-0.3, -0.25) is 4.79 Å². The number of hydrogen-bond acceptors (Lipinski definition) is 3. The highest BCUT2D eigenvalue weighted by molar-refractivity contribution is 7.99. The number of carbonyl (C=O) groups excluding carboxylic acids is 1. The number of carbonyl (C=O) groups is 1. The number of halogens is 1. The first-order chi connectivity index (χ1) is 14.0. The molecule has 0 radical (unpaired) electrons. The van der Waals surface area contributed by atoms with Crippen molar-refractivity contribution >= 4 is 17.7 Å². The van der Waals surface area contributed by atoms with E-state index in [-0.39, 0.29) is 11.7 Å². The molecule has 0 spiro atoms. The average molecular weight is 416 g/mol. The number of nitrogens with zero attached hydrogens (tertiary/aromatic N) is 1. The van der Waals surface area contributed by atoms with E-state index in [4.69, 9.17) is 4.74 Å². The lowest BCUT2D eigenvalue weighted by Gasteiger charge is -2.32. The van der Waals surface area contributed by atoms with Gasteiger partial charge in [-0.15, -0.1) is 11.8 Å². The Bertz CT molecular complexity index is 768. The average Bonchev–Trinajstić information content (AvgIpc) is 2.71. The maximum absolute atomic E-state index is 12.9. The van der Waals surface area contributed by atoms with Crippen LogP contribution < -0.4 is 0 Å². The van der Waals surface area contributed by atoms with Gasteiger partial charge in [-0.05, 0) is 54.2 Å². The summed E-state index contributed by atoms with van der Waals surface area (Å²) in [6.07, 6.45) is 2.41. The van der Waals surface area contributed by atoms with Crippen LogP contribution >= 0.6 is 11.8 Å². The third kappa shape index (κ3) is 7.16. The number of hydrogen-bond donors (Lipinski definition) is 0. The van der Waals surface area contributed by atoms with Crippen molar-refractivity contribution < 1.29 is 13.9 Å². The summed E-state index contributed by atoms with van der Waals surface area (Å²) in [6, 6.07) is 14.8. The molecule has 156 valence electrons. The molecule has 0 aliphatic carbocycles. The van der Waals surface area contributed by atoms with E-state index < -0.39 is 0 Å². The molecule has 0 saturated carbocycles. The Hall–Kier alpha value is -1.85. The van der Waals surface area contributed by atoms with Crippen molar-refractivity contribution in [1.29, 1.82) is 0 Å². The zero-order chi connectivity index (χ0) is 20.6. The van der Waals surface area contributed by atoms with E-state index in [9.17, 15) is 9.18 Å². The molecule has 0 bridgehead atoms. The van der Waals surface area contributed by atoms with Gasteiger partial charge in [0.05, 0.1) is 13.0 Å². The summed E-state index contributed by atoms with van der Waals surface area (Å²) in [6.45, 7) is 7.15. The number of rotatable bonds is 8. The van der Waals surface area contributed by atoms with Crippen molar-refractivity contribution in [1.82, 2.24) is 4.90 Å². The fourth-order valence-corrected chi connectivity index (χ4v) is 4.36. The molecule has 1 heterocycles. The van der Waals surface area contributed by atoms with Crippen LogP contribution in [0, 0.1) is 11.7 Å². The van der Waals surface area contributed by atoms with Crippen molar-refractivity contribution in [2.75, 3.05) is 19.7 Å². The highest BCUT2D eigenvalue weighted by Gasteiger charge is 2.23. The van der Waals surface area contributed by atoms with Gasteiger partial charge in [0, 0.05) is 29.8 Å². The first-order valence-corrected chi connectivity index (χ1v) is 11.2. The largest absolute Gasteiger partial charge is 0.376 e. The molecule has 3 nitrogen and oxygen atoms in total. The van der Waals surface area contributed by atoms with Gasteiger partial charge < -0.3 is 9.64 Å². The summed E-state index contributed by atoms with van der Waals surface area (Å²) in [7, 11) is 0. The minimum atomic E-state index is -0.226. The van der Waals surface area contributed by atoms with Gasteiger partial charge in [0.15, 0.2) is 0 Å². The SMILES string of the molecule is CC(C)Sc1ccc(CC(=O)N2CCC(COCc3ccc(F)cc3)CC2)cc1. The van der Waals surface area contributed by atoms with Crippen LogP contribution in [-0.2, 0) is 22.6 Å². The molecule has 5 heteroatoms. The van der Waals surface area contributed by atoms with Crippen LogP contribution in [0.4, 0.5) is 4.39 Å². The Morgan fingerprint density at radius 2 is 1.69 bits per heavy atom. The third-order valence-electron chi connectivity index (χ3n) is 5.15. The van der Waals surface area contributed by atoms with Crippen LogP contribution in [-0.4, -0.2) is 35.8 Å². The predicted octanol–water partition coefficient (Wildman–Crippen LogP) is 5.32. The first kappa shape index (κ1) is 21.8. The number of thioether (sulfide) groups is 1. The van der Waals surface area contributed by atoms with Gasteiger partial charge in [-0.2, -0.15) is 0 Å². The van der Waals surface area contributed by atoms with Crippen molar-refractivity contribution in [2.24, 2.45) is 5.92 Å². The zero-order valence-electron chi connectivity index (χ0n) is 17.3. The quantitative estimate of drug-likeness (QED) is 0.546. The fourth-order valence-electron chi connectivity index (χ4n) is 3.52. The number of ether oxygens (including phenoxy) is 1. The lowest BCUT2D eigenvalue weighted by atomic mass is 9.97. The van der Waals surface area contributed by atoms with Gasteiger partial charge in [-0.1, -0.05) is 38.1 Å². The van der Waals surface area contributed by atoms with E-state index in [1.54, 1.807) is 12.1 Å². The van der Waals surface area contributed by atoms with Crippen molar-refractivity contribution in [3.05, 3.63) is 65.5 Å². The molecule has 1 aliphatic rings. The molecule has 0 unspecified atom stereocenters. The Morgan fingerprint density at radius 1 is 1.07 bits per heavy atom. The summed E-state index contributed by atoms with van der Waals surface area (Å²) in [4.78, 5) is 15.8. The molecule has 1 amide bonds. The molecule has 1 saturated heterocycles. The van der Waals surface area contributed by atoms with Crippen molar-refractivity contribution in [3.8, 4) is 0 Å². The molecule has 3 rings (SSSR count). The molecule has 0 atom stereocenters. The van der Waals surface area contributed by atoms with Crippen LogP contribution in [0.15, 0.2) is 53.4 Å². The van der Waals surface area contributed by atoms with Crippen LogP contribution in [0.5, 0.6) is 0 Å². The van der Waals surface area contributed by atoms with E-state index >= 15 is 0 Å². The topological polar surface area (TPSA) is 29.5 Å². The summed E-state index contributed by atoms with van der Waals surface area (Å²) in [5.74, 6) is 0.461. The third-order valence-corrected chi connectivity index (χ3v) is 6.17. The molecule has 0 aromatic heterocycles. The van der Waals surface area contributed by atoms with Gasteiger partial charge in [0.25, 0.3) is 0 Å². The van der Waals surface area contributed by atoms with E-state index in [1.807, 2.05) is 16.7 Å². The monoisotopic (exact) mass is 415 g/mol. The normalized spacial score (nSPS) is 15.1. The Balaban J connectivity index is 1.37. The smallest absolute Gasteiger partial charge is 0.226 e. The second-order valence-corrected chi connectivity index (χ2v) is 9.60. The zero-order valence-corrected chi connectivity index (χ0v) is 18.1. The molecule has 2 aromatic carbocycles. The summed E-state index contributed by atoms with van der Waals surface area (Å²) in [5, 5.41) is 0.559. The highest BCUT2D eigenvalue weighted by atomic mass is 32.2. The van der Waals surface area contributed by atoms with Gasteiger partial charge in [0.2, 0.25) is 5.91 Å². The van der Waals surface area contributed by atoms with Crippen molar-refractivity contribution in [3.63, 3.8) is 0 Å². The predicted molar refractivity (Wildman–Crippen MR) is 116 cm³/mol. The van der Waals surface area contributed by atoms with Gasteiger partial charge in [-0.25, -0.2) is 4.39 Å². The van der Waals surface area contributed by atoms with Gasteiger partial charge >= 0.3 is 0 Å². The molecular weight excluding hydrogens is 385 g/mol. The van der Waals surface area contributed by atoms with E-state index in [2.05, 4.69) is 38.1 Å². The Kier molecular flexibility index (Phi) is 8.13. The molecule has 1 fully saturated rings. The van der Waals surface area contributed by atoms with Gasteiger partial charge in [0.1, 0.15) is 5.82 Å². The number of likely N-dealkylation sites (tertiary alicyclic amines) is 1. The standard InChI is InChI=1S/C24H30FNO2S/c1-18(2)29-23-9-5-19(6-10-23)15-24(27)26-13-11-21(12-14-26)17-28-16-20-3-7-22(25)8-4-20/h3-10,18,21H,11-17H2,1-2H3. The molecule has 2 aromatic rings. The minimum absolute atomic E-state index is 0.208. The molecule has 29 heavy (non-hydrogen) atoms. The van der Waals surface area contributed by atoms with Crippen LogP contribution in [0.3, 0.4) is 0 Å². The van der Waals surface area contributed by atoms with Crippen LogP contribution in [0.1, 0.15) is 37.8 Å². The first-order valence-electron chi connectivity index (χ1n) is 10.3. The highest BCUT2D eigenvalue weighted by Crippen LogP contribution is 2.24. The van der Waals surface area contributed by atoms with E-state index in [0.717, 1.165) is 37.1 Å². The molecular formula is C24H30FNO2S. The van der Waals surface area contributed by atoms with Crippen molar-refractivity contribution in [2.45, 2.75) is 49.9 Å². The lowest BCUT2D eigenvalue weighted by molar-refractivity contribution is -0.132. The second-order valence-electron chi connectivity index (χ2n) is 7.95. The van der Waals surface area contributed by atoms with E-state index in [1.165, 1.54) is 17.0 Å². The summed E-state index contributed by atoms with van der Waals surface area (Å²) in [5.41, 5.74) is 2.06. The Morgan fingerprint density at radius 3 is 2.31 bits per heavy atom. The number of piperidine rings is 1. The second kappa shape index (κ2) is 10.8.